The van der Waals surface area contributed by atoms with E-state index in [9.17, 15) is 4.79 Å². The number of carbonyl (C=O) groups excluding carboxylic acids is 1. The number of nitrogens with zero attached hydrogens (tertiary/aromatic N) is 5. The Labute approximate surface area is 138 Å². The van der Waals surface area contributed by atoms with Crippen LogP contribution in [0.1, 0.15) is 50.6 Å². The quantitative estimate of drug-likeness (QED) is 0.850. The fraction of sp³-hybridized carbons (Fsp3) is 0.824. The molecule has 2 fully saturated rings. The lowest BCUT2D eigenvalue weighted by Crippen LogP contribution is -2.50. The summed E-state index contributed by atoms with van der Waals surface area (Å²) in [6, 6.07) is 0.374. The van der Waals surface area contributed by atoms with Crippen molar-refractivity contribution in [3.8, 4) is 0 Å². The molecule has 0 aromatic carbocycles. The molecule has 0 spiro atoms. The maximum absolute atomic E-state index is 12.7. The van der Waals surface area contributed by atoms with Crippen LogP contribution in [0.5, 0.6) is 0 Å². The van der Waals surface area contributed by atoms with Crippen molar-refractivity contribution in [3.05, 3.63) is 11.9 Å². The third-order valence-electron chi connectivity index (χ3n) is 5.07. The topological polar surface area (TPSA) is 54.3 Å². The van der Waals surface area contributed by atoms with Crippen LogP contribution < -0.4 is 0 Å². The van der Waals surface area contributed by atoms with Gasteiger partial charge in [-0.25, -0.2) is 4.68 Å². The van der Waals surface area contributed by atoms with E-state index in [0.29, 0.717) is 12.6 Å². The van der Waals surface area contributed by atoms with Crippen molar-refractivity contribution in [3.63, 3.8) is 0 Å². The Morgan fingerprint density at radius 1 is 1.13 bits per heavy atom. The van der Waals surface area contributed by atoms with Gasteiger partial charge < -0.3 is 9.80 Å². The van der Waals surface area contributed by atoms with Crippen LogP contribution in [0.15, 0.2) is 6.20 Å². The fourth-order valence-electron chi connectivity index (χ4n) is 3.84. The van der Waals surface area contributed by atoms with Crippen LogP contribution in [-0.4, -0.2) is 62.9 Å². The smallest absolute Gasteiger partial charge is 0.244 e. The number of likely N-dealkylation sites (tertiary alicyclic amines) is 2. The summed E-state index contributed by atoms with van der Waals surface area (Å²) in [5, 5.41) is 7.98. The van der Waals surface area contributed by atoms with E-state index in [1.807, 2.05) is 13.1 Å². The van der Waals surface area contributed by atoms with E-state index in [4.69, 9.17) is 0 Å². The first kappa shape index (κ1) is 16.4. The van der Waals surface area contributed by atoms with Gasteiger partial charge in [-0.3, -0.25) is 4.79 Å². The molecule has 1 aromatic rings. The van der Waals surface area contributed by atoms with Crippen LogP contribution in [0.2, 0.25) is 0 Å². The predicted octanol–water partition coefficient (Wildman–Crippen LogP) is 1.84. The molecule has 0 radical (unpaired) electrons. The van der Waals surface area contributed by atoms with E-state index < -0.39 is 0 Å². The summed E-state index contributed by atoms with van der Waals surface area (Å²) in [5.41, 5.74) is 0.859. The molecule has 1 atom stereocenters. The zero-order valence-corrected chi connectivity index (χ0v) is 14.3. The maximum Gasteiger partial charge on any atom is 0.244 e. The van der Waals surface area contributed by atoms with Gasteiger partial charge in [0.25, 0.3) is 0 Å². The van der Waals surface area contributed by atoms with Crippen LogP contribution in [-0.2, 0) is 11.3 Å². The number of hydrogen-bond donors (Lipinski definition) is 0. The van der Waals surface area contributed by atoms with Crippen LogP contribution in [0.3, 0.4) is 0 Å². The van der Waals surface area contributed by atoms with E-state index in [1.54, 1.807) is 4.68 Å². The molecule has 6 nitrogen and oxygen atoms in total. The number of piperidine rings is 1. The zero-order chi connectivity index (χ0) is 16.1. The highest BCUT2D eigenvalue weighted by Crippen LogP contribution is 2.20. The Morgan fingerprint density at radius 2 is 1.87 bits per heavy atom. The summed E-state index contributed by atoms with van der Waals surface area (Å²) in [6.45, 7) is 6.54. The molecule has 1 amide bonds. The van der Waals surface area contributed by atoms with Gasteiger partial charge >= 0.3 is 0 Å². The first-order valence-electron chi connectivity index (χ1n) is 9.11. The average Bonchev–Trinajstić information content (AvgIpc) is 2.80. The molecule has 2 aliphatic rings. The van der Waals surface area contributed by atoms with Gasteiger partial charge in [-0.15, -0.1) is 5.10 Å². The van der Waals surface area contributed by atoms with Crippen LogP contribution in [0.4, 0.5) is 0 Å². The Balaban J connectivity index is 1.59. The minimum absolute atomic E-state index is 0.189. The minimum Gasteiger partial charge on any atom is -0.337 e. The van der Waals surface area contributed by atoms with Gasteiger partial charge in [-0.05, 0) is 52.1 Å². The highest BCUT2D eigenvalue weighted by molar-refractivity contribution is 5.76. The minimum atomic E-state index is 0.189. The highest BCUT2D eigenvalue weighted by atomic mass is 16.2. The molecular formula is C17H29N5O. The van der Waals surface area contributed by atoms with Crippen molar-refractivity contribution in [1.29, 1.82) is 0 Å². The van der Waals surface area contributed by atoms with Crippen LogP contribution in [0, 0.1) is 6.92 Å². The van der Waals surface area contributed by atoms with Gasteiger partial charge in [0.05, 0.1) is 5.69 Å². The first-order chi connectivity index (χ1) is 11.2. The summed E-state index contributed by atoms with van der Waals surface area (Å²) in [6.07, 6.45) is 10.7. The third kappa shape index (κ3) is 4.53. The zero-order valence-electron chi connectivity index (χ0n) is 14.3. The second-order valence-corrected chi connectivity index (χ2v) is 7.01. The number of aromatic nitrogens is 3. The Bertz CT molecular complexity index is 507. The first-order valence-corrected chi connectivity index (χ1v) is 9.11. The highest BCUT2D eigenvalue weighted by Gasteiger charge is 2.28. The Kier molecular flexibility index (Phi) is 5.65. The van der Waals surface area contributed by atoms with Crippen molar-refractivity contribution in [1.82, 2.24) is 24.8 Å². The summed E-state index contributed by atoms with van der Waals surface area (Å²) < 4.78 is 1.66. The van der Waals surface area contributed by atoms with Gasteiger partial charge in [0.1, 0.15) is 6.54 Å². The van der Waals surface area contributed by atoms with Crippen molar-refractivity contribution < 1.29 is 4.79 Å². The van der Waals surface area contributed by atoms with E-state index in [2.05, 4.69) is 20.1 Å². The van der Waals surface area contributed by atoms with Gasteiger partial charge in [0, 0.05) is 25.3 Å². The van der Waals surface area contributed by atoms with E-state index in [0.717, 1.165) is 31.6 Å². The molecule has 0 saturated carbocycles. The number of amides is 1. The largest absolute Gasteiger partial charge is 0.337 e. The number of aryl methyl sites for hydroxylation is 1. The van der Waals surface area contributed by atoms with Crippen molar-refractivity contribution in [2.45, 2.75) is 64.5 Å². The van der Waals surface area contributed by atoms with Gasteiger partial charge in [0.2, 0.25) is 5.91 Å². The SMILES string of the molecule is Cc1cn(CC(=O)N2CCCC[C@@H]2CN2CCCCCC2)nn1. The molecule has 1 aromatic heterocycles. The summed E-state index contributed by atoms with van der Waals surface area (Å²) in [4.78, 5) is 17.4. The average molecular weight is 319 g/mol. The predicted molar refractivity (Wildman–Crippen MR) is 89.0 cm³/mol. The second-order valence-electron chi connectivity index (χ2n) is 7.01. The van der Waals surface area contributed by atoms with Gasteiger partial charge in [0.15, 0.2) is 0 Å². The van der Waals surface area contributed by atoms with E-state index >= 15 is 0 Å². The molecule has 3 heterocycles. The molecule has 0 bridgehead atoms. The molecule has 0 N–H and O–H groups in total. The number of rotatable bonds is 4. The maximum atomic E-state index is 12.7. The van der Waals surface area contributed by atoms with Crippen LogP contribution >= 0.6 is 0 Å². The summed E-state index contributed by atoms with van der Waals surface area (Å²) in [5.74, 6) is 0.189. The Hall–Kier alpha value is -1.43. The molecule has 0 unspecified atom stereocenters. The number of carbonyl (C=O) groups is 1. The lowest BCUT2D eigenvalue weighted by Gasteiger charge is -2.38. The molecule has 2 aliphatic heterocycles. The molecule has 3 rings (SSSR count). The summed E-state index contributed by atoms with van der Waals surface area (Å²) in [7, 11) is 0. The van der Waals surface area contributed by atoms with Gasteiger partial charge in [-0.1, -0.05) is 18.1 Å². The van der Waals surface area contributed by atoms with Crippen molar-refractivity contribution >= 4 is 5.91 Å². The molecular weight excluding hydrogens is 290 g/mol. The molecule has 128 valence electrons. The van der Waals surface area contributed by atoms with Gasteiger partial charge in [-0.2, -0.15) is 0 Å². The third-order valence-corrected chi connectivity index (χ3v) is 5.07. The van der Waals surface area contributed by atoms with Crippen molar-refractivity contribution in [2.75, 3.05) is 26.2 Å². The standard InChI is InChI=1S/C17H29N5O/c1-15-12-21(19-18-15)14-17(23)22-11-7-4-8-16(22)13-20-9-5-2-3-6-10-20/h12,16H,2-11,13-14H2,1H3/t16-/m1/s1. The molecule has 23 heavy (non-hydrogen) atoms. The number of hydrogen-bond acceptors (Lipinski definition) is 4. The lowest BCUT2D eigenvalue weighted by atomic mass is 10.0. The van der Waals surface area contributed by atoms with Crippen LogP contribution in [0.25, 0.3) is 0 Å². The Morgan fingerprint density at radius 3 is 2.57 bits per heavy atom. The van der Waals surface area contributed by atoms with E-state index in [1.165, 1.54) is 45.2 Å². The molecule has 0 aliphatic carbocycles. The van der Waals surface area contributed by atoms with E-state index in [-0.39, 0.29) is 5.91 Å². The molecule has 2 saturated heterocycles. The summed E-state index contributed by atoms with van der Waals surface area (Å²) >= 11 is 0. The fourth-order valence-corrected chi connectivity index (χ4v) is 3.84. The lowest BCUT2D eigenvalue weighted by molar-refractivity contribution is -0.136. The second kappa shape index (κ2) is 7.90. The molecule has 6 heteroatoms. The van der Waals surface area contributed by atoms with Crippen molar-refractivity contribution in [2.24, 2.45) is 0 Å². The normalized spacial score (nSPS) is 23.7. The monoisotopic (exact) mass is 319 g/mol.